The summed E-state index contributed by atoms with van der Waals surface area (Å²) in [6.07, 6.45) is -4.83. The first-order valence-corrected chi connectivity index (χ1v) is 6.15. The number of carbonyl (C=O) groups is 2. The van der Waals surface area contributed by atoms with E-state index < -0.39 is 60.2 Å². The molecule has 0 spiro atoms. The molecule has 1 fully saturated rings. The van der Waals surface area contributed by atoms with Gasteiger partial charge in [-0.2, -0.15) is 13.2 Å². The monoisotopic (exact) mass is 323 g/mol. The lowest BCUT2D eigenvalue weighted by Gasteiger charge is -2.18. The van der Waals surface area contributed by atoms with Crippen molar-refractivity contribution in [3.63, 3.8) is 0 Å². The van der Waals surface area contributed by atoms with Gasteiger partial charge in [-0.3, -0.25) is 9.59 Å². The molecule has 2 rings (SSSR count). The van der Waals surface area contributed by atoms with Crippen LogP contribution < -0.4 is 0 Å². The van der Waals surface area contributed by atoms with E-state index in [1.54, 1.807) is 0 Å². The van der Waals surface area contributed by atoms with Gasteiger partial charge in [-0.1, -0.05) is 6.07 Å². The van der Waals surface area contributed by atoms with Crippen molar-refractivity contribution in [3.05, 3.63) is 35.4 Å². The maximum absolute atomic E-state index is 13.5. The zero-order valence-corrected chi connectivity index (χ0v) is 10.9. The Hall–Kier alpha value is -2.19. The number of alkyl halides is 3. The summed E-state index contributed by atoms with van der Waals surface area (Å²) in [4.78, 5) is 23.4. The van der Waals surface area contributed by atoms with E-state index in [1.165, 1.54) is 0 Å². The van der Waals surface area contributed by atoms with Gasteiger partial charge in [-0.05, 0) is 12.1 Å². The minimum absolute atomic E-state index is 0.512. The van der Waals surface area contributed by atoms with Crippen molar-refractivity contribution in [1.82, 2.24) is 4.90 Å². The summed E-state index contributed by atoms with van der Waals surface area (Å²) < 4.78 is 65.5. The van der Waals surface area contributed by atoms with Crippen molar-refractivity contribution >= 4 is 11.9 Å². The number of carboxylic acid groups (broad SMARTS) is 1. The van der Waals surface area contributed by atoms with Crippen molar-refractivity contribution in [2.24, 2.45) is 11.8 Å². The number of benzene rings is 1. The SMILES string of the molecule is O=C(O)[C@@H]1CN(C(=O)c2c(F)cccc2F)C[C@H]1C(F)(F)F. The Kier molecular flexibility index (Phi) is 4.08. The van der Waals surface area contributed by atoms with E-state index in [2.05, 4.69) is 0 Å². The molecule has 2 atom stereocenters. The van der Waals surface area contributed by atoms with E-state index in [0.717, 1.165) is 18.2 Å². The van der Waals surface area contributed by atoms with E-state index in [0.29, 0.717) is 4.90 Å². The minimum atomic E-state index is -4.83. The Morgan fingerprint density at radius 1 is 1.14 bits per heavy atom. The van der Waals surface area contributed by atoms with Gasteiger partial charge in [0, 0.05) is 13.1 Å². The first kappa shape index (κ1) is 16.2. The minimum Gasteiger partial charge on any atom is -0.481 e. The predicted molar refractivity (Wildman–Crippen MR) is 62.9 cm³/mol. The number of carbonyl (C=O) groups excluding carboxylic acids is 1. The number of halogens is 5. The van der Waals surface area contributed by atoms with E-state index in [1.807, 2.05) is 0 Å². The lowest BCUT2D eigenvalue weighted by atomic mass is 9.96. The van der Waals surface area contributed by atoms with E-state index in [-0.39, 0.29) is 0 Å². The highest BCUT2D eigenvalue weighted by Gasteiger charge is 2.53. The second-order valence-electron chi connectivity index (χ2n) is 4.90. The van der Waals surface area contributed by atoms with Crippen LogP contribution in [0, 0.1) is 23.5 Å². The third kappa shape index (κ3) is 2.88. The van der Waals surface area contributed by atoms with Gasteiger partial charge in [0.1, 0.15) is 17.2 Å². The van der Waals surface area contributed by atoms with E-state index in [4.69, 9.17) is 5.11 Å². The summed E-state index contributed by atoms with van der Waals surface area (Å²) in [6, 6.07) is 2.59. The van der Waals surface area contributed by atoms with Crippen LogP contribution >= 0.6 is 0 Å². The Morgan fingerprint density at radius 2 is 1.68 bits per heavy atom. The summed E-state index contributed by atoms with van der Waals surface area (Å²) in [6.45, 7) is -1.71. The van der Waals surface area contributed by atoms with Crippen LogP contribution in [0.5, 0.6) is 0 Å². The molecule has 4 nitrogen and oxygen atoms in total. The second-order valence-corrected chi connectivity index (χ2v) is 4.90. The number of likely N-dealkylation sites (tertiary alicyclic amines) is 1. The second kappa shape index (κ2) is 5.54. The van der Waals surface area contributed by atoms with Gasteiger partial charge in [0.05, 0.1) is 11.8 Å². The van der Waals surface area contributed by atoms with Crippen LogP contribution in [-0.2, 0) is 4.79 Å². The fraction of sp³-hybridized carbons (Fsp3) is 0.385. The van der Waals surface area contributed by atoms with E-state index >= 15 is 0 Å². The average molecular weight is 323 g/mol. The Bertz CT molecular complexity index is 596. The normalized spacial score (nSPS) is 22.0. The highest BCUT2D eigenvalue weighted by molar-refractivity contribution is 5.95. The topological polar surface area (TPSA) is 57.6 Å². The molecular formula is C13H10F5NO3. The van der Waals surface area contributed by atoms with Crippen molar-refractivity contribution in [2.75, 3.05) is 13.1 Å². The number of carboxylic acids is 1. The molecule has 0 unspecified atom stereocenters. The molecule has 1 heterocycles. The van der Waals surface area contributed by atoms with Crippen LogP contribution in [0.3, 0.4) is 0 Å². The molecule has 1 aliphatic heterocycles. The van der Waals surface area contributed by atoms with Gasteiger partial charge in [0.25, 0.3) is 5.91 Å². The predicted octanol–water partition coefficient (Wildman–Crippen LogP) is 2.30. The fourth-order valence-corrected chi connectivity index (χ4v) is 2.41. The third-order valence-electron chi connectivity index (χ3n) is 3.52. The largest absolute Gasteiger partial charge is 0.481 e. The number of hydrogen-bond acceptors (Lipinski definition) is 2. The maximum atomic E-state index is 13.5. The molecule has 0 bridgehead atoms. The number of hydrogen-bond donors (Lipinski definition) is 1. The van der Waals surface area contributed by atoms with Crippen molar-refractivity contribution < 1.29 is 36.6 Å². The molecule has 9 heteroatoms. The number of rotatable bonds is 2. The number of aliphatic carboxylic acids is 1. The lowest BCUT2D eigenvalue weighted by Crippen LogP contribution is -2.34. The first-order valence-electron chi connectivity index (χ1n) is 6.15. The van der Waals surface area contributed by atoms with Crippen LogP contribution in [0.25, 0.3) is 0 Å². The lowest BCUT2D eigenvalue weighted by molar-refractivity contribution is -0.187. The van der Waals surface area contributed by atoms with Gasteiger partial charge in [0.15, 0.2) is 0 Å². The molecule has 1 aromatic carbocycles. The molecule has 1 aromatic rings. The van der Waals surface area contributed by atoms with Gasteiger partial charge in [0.2, 0.25) is 0 Å². The first-order chi connectivity index (χ1) is 10.1. The van der Waals surface area contributed by atoms with Crippen LogP contribution in [0.1, 0.15) is 10.4 Å². The molecule has 120 valence electrons. The van der Waals surface area contributed by atoms with Crippen molar-refractivity contribution in [2.45, 2.75) is 6.18 Å². The summed E-state index contributed by atoms with van der Waals surface area (Å²) >= 11 is 0. The van der Waals surface area contributed by atoms with E-state index in [9.17, 15) is 31.5 Å². The molecule has 1 amide bonds. The number of nitrogens with zero attached hydrogens (tertiary/aromatic N) is 1. The van der Waals surface area contributed by atoms with Crippen LogP contribution in [-0.4, -0.2) is 41.1 Å². The summed E-state index contributed by atoms with van der Waals surface area (Å²) in [5, 5.41) is 8.84. The molecule has 0 aliphatic carbocycles. The van der Waals surface area contributed by atoms with Crippen molar-refractivity contribution in [3.8, 4) is 0 Å². The van der Waals surface area contributed by atoms with Gasteiger partial charge in [-0.25, -0.2) is 8.78 Å². The quantitative estimate of drug-likeness (QED) is 0.850. The zero-order valence-electron chi connectivity index (χ0n) is 10.9. The molecular weight excluding hydrogens is 313 g/mol. The zero-order chi connectivity index (χ0) is 16.7. The molecule has 0 aromatic heterocycles. The summed E-state index contributed by atoms with van der Waals surface area (Å²) in [5.41, 5.74) is -0.991. The number of amides is 1. The average Bonchev–Trinajstić information content (AvgIpc) is 2.83. The fourth-order valence-electron chi connectivity index (χ4n) is 2.41. The van der Waals surface area contributed by atoms with Crippen LogP contribution in [0.4, 0.5) is 22.0 Å². The summed E-state index contributed by atoms with van der Waals surface area (Å²) in [5.74, 6) is -9.58. The third-order valence-corrected chi connectivity index (χ3v) is 3.52. The molecule has 1 saturated heterocycles. The Morgan fingerprint density at radius 3 is 2.09 bits per heavy atom. The Labute approximate surface area is 121 Å². The molecule has 1 N–H and O–H groups in total. The highest BCUT2D eigenvalue weighted by atomic mass is 19.4. The molecule has 0 radical (unpaired) electrons. The van der Waals surface area contributed by atoms with Gasteiger partial charge < -0.3 is 10.0 Å². The highest BCUT2D eigenvalue weighted by Crippen LogP contribution is 2.38. The Balaban J connectivity index is 2.31. The van der Waals surface area contributed by atoms with Crippen LogP contribution in [0.2, 0.25) is 0 Å². The van der Waals surface area contributed by atoms with Crippen LogP contribution in [0.15, 0.2) is 18.2 Å². The molecule has 22 heavy (non-hydrogen) atoms. The van der Waals surface area contributed by atoms with Crippen molar-refractivity contribution in [1.29, 1.82) is 0 Å². The molecule has 1 aliphatic rings. The smallest absolute Gasteiger partial charge is 0.394 e. The molecule has 0 saturated carbocycles. The van der Waals surface area contributed by atoms with Gasteiger partial charge >= 0.3 is 12.1 Å². The van der Waals surface area contributed by atoms with Gasteiger partial charge in [-0.15, -0.1) is 0 Å². The standard InChI is InChI=1S/C13H10F5NO3/c14-8-2-1-3-9(15)10(8)11(20)19-4-6(12(21)22)7(5-19)13(16,17)18/h1-3,6-7H,4-5H2,(H,21,22)/t6-,7-/m1/s1. The maximum Gasteiger partial charge on any atom is 0.394 e. The summed E-state index contributed by atoms with van der Waals surface area (Å²) in [7, 11) is 0.